The molecule has 1 aromatic rings. The van der Waals surface area contributed by atoms with E-state index in [2.05, 4.69) is 0 Å². The fourth-order valence-electron chi connectivity index (χ4n) is 1.77. The maximum Gasteiger partial charge on any atom is 0.136 e. The van der Waals surface area contributed by atoms with Crippen molar-refractivity contribution in [1.29, 1.82) is 0 Å². The molecule has 1 heterocycles. The van der Waals surface area contributed by atoms with E-state index in [-0.39, 0.29) is 5.82 Å². The Labute approximate surface area is 94.4 Å². The van der Waals surface area contributed by atoms with Crippen LogP contribution in [0.4, 0.5) is 4.39 Å². The molecule has 0 spiro atoms. The lowest BCUT2D eigenvalue weighted by molar-refractivity contribution is 0.0917. The van der Waals surface area contributed by atoms with Gasteiger partial charge in [-0.1, -0.05) is 12.1 Å². The summed E-state index contributed by atoms with van der Waals surface area (Å²) in [5.74, 6) is 0.326. The number of benzene rings is 1. The summed E-state index contributed by atoms with van der Waals surface area (Å²) in [6.45, 7) is 2.32. The summed E-state index contributed by atoms with van der Waals surface area (Å²) in [5.41, 5.74) is 1.21. The van der Waals surface area contributed by atoms with E-state index < -0.39 is 6.10 Å². The second-order valence-electron chi connectivity index (χ2n) is 4.01. The molecular formula is C13H15FO2. The Morgan fingerprint density at radius 1 is 1.44 bits per heavy atom. The molecule has 1 aliphatic rings. The number of allylic oxidation sites excluding steroid dienone is 1. The van der Waals surface area contributed by atoms with E-state index in [1.54, 1.807) is 19.1 Å². The molecule has 0 aliphatic carbocycles. The lowest BCUT2D eigenvalue weighted by Gasteiger charge is -2.20. The van der Waals surface area contributed by atoms with Crippen molar-refractivity contribution >= 4 is 0 Å². The summed E-state index contributed by atoms with van der Waals surface area (Å²) >= 11 is 0. The largest absolute Gasteiger partial charge is 0.495 e. The molecule has 86 valence electrons. The van der Waals surface area contributed by atoms with E-state index in [1.807, 2.05) is 6.08 Å². The van der Waals surface area contributed by atoms with Gasteiger partial charge in [0.1, 0.15) is 17.7 Å². The molecule has 0 radical (unpaired) electrons. The minimum atomic E-state index is -0.778. The molecule has 0 bridgehead atoms. The van der Waals surface area contributed by atoms with Crippen molar-refractivity contribution in [3.05, 3.63) is 47.0 Å². The lowest BCUT2D eigenvalue weighted by Crippen LogP contribution is -2.10. The van der Waals surface area contributed by atoms with Gasteiger partial charge in [-0.15, -0.1) is 0 Å². The third-order valence-corrected chi connectivity index (χ3v) is 2.73. The van der Waals surface area contributed by atoms with Crippen molar-refractivity contribution in [2.45, 2.75) is 25.9 Å². The quantitative estimate of drug-likeness (QED) is 0.833. The van der Waals surface area contributed by atoms with Gasteiger partial charge in [0.15, 0.2) is 0 Å². The Morgan fingerprint density at radius 3 is 2.88 bits per heavy atom. The average Bonchev–Trinajstić information content (AvgIpc) is 2.33. The number of hydrogen-bond acceptors (Lipinski definition) is 2. The van der Waals surface area contributed by atoms with Crippen molar-refractivity contribution in [3.8, 4) is 0 Å². The summed E-state index contributed by atoms with van der Waals surface area (Å²) in [6.07, 6.45) is 3.03. The minimum absolute atomic E-state index is 0.255. The van der Waals surface area contributed by atoms with E-state index in [0.29, 0.717) is 23.5 Å². The highest BCUT2D eigenvalue weighted by Crippen LogP contribution is 2.26. The minimum Gasteiger partial charge on any atom is -0.495 e. The molecule has 3 heteroatoms. The highest BCUT2D eigenvalue weighted by atomic mass is 19.1. The van der Waals surface area contributed by atoms with Crippen LogP contribution in [0.25, 0.3) is 0 Å². The first kappa shape index (κ1) is 11.1. The molecule has 2 rings (SSSR count). The number of ether oxygens (including phenoxy) is 1. The van der Waals surface area contributed by atoms with Crippen LogP contribution in [0.5, 0.6) is 0 Å². The van der Waals surface area contributed by atoms with Crippen LogP contribution in [0, 0.1) is 12.7 Å². The van der Waals surface area contributed by atoms with E-state index in [1.165, 1.54) is 6.07 Å². The fourth-order valence-corrected chi connectivity index (χ4v) is 1.77. The third-order valence-electron chi connectivity index (χ3n) is 2.73. The standard InChI is InChI=1S/C13H15FO2/c1-9-8-10(5-6-11(9)14)13(15)12-4-2-3-7-16-12/h4-6,8,13,15H,2-3,7H2,1H3. The maximum absolute atomic E-state index is 13.1. The van der Waals surface area contributed by atoms with Gasteiger partial charge in [-0.2, -0.15) is 0 Å². The van der Waals surface area contributed by atoms with E-state index in [0.717, 1.165) is 12.8 Å². The van der Waals surface area contributed by atoms with Crippen molar-refractivity contribution in [2.24, 2.45) is 0 Å². The van der Waals surface area contributed by atoms with Gasteiger partial charge in [0.25, 0.3) is 0 Å². The summed E-state index contributed by atoms with van der Waals surface area (Å²) in [5, 5.41) is 10.0. The zero-order chi connectivity index (χ0) is 11.5. The predicted molar refractivity (Wildman–Crippen MR) is 59.4 cm³/mol. The van der Waals surface area contributed by atoms with Crippen LogP contribution in [0.1, 0.15) is 30.1 Å². The molecule has 1 N–H and O–H groups in total. The zero-order valence-corrected chi connectivity index (χ0v) is 9.24. The van der Waals surface area contributed by atoms with Crippen molar-refractivity contribution in [1.82, 2.24) is 0 Å². The molecule has 1 unspecified atom stereocenters. The average molecular weight is 222 g/mol. The monoisotopic (exact) mass is 222 g/mol. The topological polar surface area (TPSA) is 29.5 Å². The molecule has 1 atom stereocenters. The van der Waals surface area contributed by atoms with Gasteiger partial charge < -0.3 is 9.84 Å². The van der Waals surface area contributed by atoms with Crippen LogP contribution < -0.4 is 0 Å². The number of halogens is 1. The van der Waals surface area contributed by atoms with Gasteiger partial charge >= 0.3 is 0 Å². The van der Waals surface area contributed by atoms with Gasteiger partial charge in [0.05, 0.1) is 6.61 Å². The second-order valence-corrected chi connectivity index (χ2v) is 4.01. The molecular weight excluding hydrogens is 207 g/mol. The first-order valence-electron chi connectivity index (χ1n) is 5.45. The summed E-state index contributed by atoms with van der Waals surface area (Å²) in [4.78, 5) is 0. The molecule has 1 aromatic carbocycles. The van der Waals surface area contributed by atoms with Gasteiger partial charge in [0, 0.05) is 0 Å². The summed E-state index contributed by atoms with van der Waals surface area (Å²) in [7, 11) is 0. The van der Waals surface area contributed by atoms with Crippen LogP contribution in [0.15, 0.2) is 30.0 Å². The fraction of sp³-hybridized carbons (Fsp3) is 0.385. The first-order chi connectivity index (χ1) is 7.68. The molecule has 0 aromatic heterocycles. The Balaban J connectivity index is 2.22. The normalized spacial score (nSPS) is 17.6. The number of aliphatic hydroxyl groups is 1. The third kappa shape index (κ3) is 2.25. The predicted octanol–water partition coefficient (Wildman–Crippen LogP) is 2.86. The van der Waals surface area contributed by atoms with Crippen LogP contribution in [0.3, 0.4) is 0 Å². The Morgan fingerprint density at radius 2 is 2.25 bits per heavy atom. The van der Waals surface area contributed by atoms with Crippen LogP contribution >= 0.6 is 0 Å². The molecule has 16 heavy (non-hydrogen) atoms. The van der Waals surface area contributed by atoms with Gasteiger partial charge in [-0.25, -0.2) is 4.39 Å². The van der Waals surface area contributed by atoms with Crippen molar-refractivity contribution < 1.29 is 14.2 Å². The number of aliphatic hydroxyl groups excluding tert-OH is 1. The van der Waals surface area contributed by atoms with E-state index >= 15 is 0 Å². The highest BCUT2D eigenvalue weighted by molar-refractivity contribution is 5.29. The smallest absolute Gasteiger partial charge is 0.136 e. The first-order valence-corrected chi connectivity index (χ1v) is 5.45. The Hall–Kier alpha value is -1.35. The Kier molecular flexibility index (Phi) is 3.25. The van der Waals surface area contributed by atoms with Crippen LogP contribution in [-0.4, -0.2) is 11.7 Å². The molecule has 0 amide bonds. The number of rotatable bonds is 2. The van der Waals surface area contributed by atoms with Crippen LogP contribution in [0.2, 0.25) is 0 Å². The van der Waals surface area contributed by atoms with Gasteiger partial charge in [0.2, 0.25) is 0 Å². The van der Waals surface area contributed by atoms with Gasteiger partial charge in [-0.05, 0) is 43.0 Å². The SMILES string of the molecule is Cc1cc(C(O)C2=CCCCO2)ccc1F. The van der Waals surface area contributed by atoms with E-state index in [4.69, 9.17) is 4.74 Å². The molecule has 1 aliphatic heterocycles. The highest BCUT2D eigenvalue weighted by Gasteiger charge is 2.17. The lowest BCUT2D eigenvalue weighted by atomic mass is 10.0. The van der Waals surface area contributed by atoms with Crippen LogP contribution in [-0.2, 0) is 4.74 Å². The molecule has 2 nitrogen and oxygen atoms in total. The molecule has 0 fully saturated rings. The Bertz CT molecular complexity index is 412. The summed E-state index contributed by atoms with van der Waals surface area (Å²) < 4.78 is 18.5. The zero-order valence-electron chi connectivity index (χ0n) is 9.24. The summed E-state index contributed by atoms with van der Waals surface area (Å²) in [6, 6.07) is 4.61. The van der Waals surface area contributed by atoms with E-state index in [9.17, 15) is 9.50 Å². The second kappa shape index (κ2) is 4.66. The molecule has 0 saturated carbocycles. The maximum atomic E-state index is 13.1. The van der Waals surface area contributed by atoms with Crippen molar-refractivity contribution in [3.63, 3.8) is 0 Å². The van der Waals surface area contributed by atoms with Crippen molar-refractivity contribution in [2.75, 3.05) is 6.61 Å². The number of hydrogen-bond donors (Lipinski definition) is 1. The molecule has 0 saturated heterocycles. The number of aryl methyl sites for hydroxylation is 1. The van der Waals surface area contributed by atoms with Gasteiger partial charge in [-0.3, -0.25) is 0 Å².